The molecular formula is C28H23BrClFN6O. The quantitative estimate of drug-likeness (QED) is 0.190. The molecule has 0 aliphatic carbocycles. The van der Waals surface area contributed by atoms with Crippen molar-refractivity contribution in [3.63, 3.8) is 0 Å². The number of hydrogen-bond donors (Lipinski definition) is 3. The van der Waals surface area contributed by atoms with E-state index in [1.165, 1.54) is 12.1 Å². The normalized spacial score (nSPS) is 10.9. The van der Waals surface area contributed by atoms with Gasteiger partial charge in [0.2, 0.25) is 0 Å². The second kappa shape index (κ2) is 11.6. The number of anilines is 1. The Balaban J connectivity index is 1.20. The number of carbonyl (C=O) groups is 1. The summed E-state index contributed by atoms with van der Waals surface area (Å²) in [5.74, 6) is 0.447. The fourth-order valence-corrected chi connectivity index (χ4v) is 4.49. The first-order valence-electron chi connectivity index (χ1n) is 11.8. The van der Waals surface area contributed by atoms with Gasteiger partial charge >= 0.3 is 6.03 Å². The standard InChI is InChI=1S/C28H23BrClFN6O/c29-23-17-35-37-26(13-25(36-27(23)37)22-6-1-2-7-24(22)30)32-14-18-8-10-19(11-9-18)15-33-28(38)34-16-20-4-3-5-21(31)12-20/h1-13,17,32H,14-16H2,(H2,33,34,38). The third kappa shape index (κ3) is 6.12. The first-order chi connectivity index (χ1) is 18.5. The van der Waals surface area contributed by atoms with Gasteiger partial charge in [-0.15, -0.1) is 0 Å². The van der Waals surface area contributed by atoms with E-state index in [1.54, 1.807) is 22.8 Å². The van der Waals surface area contributed by atoms with Crippen LogP contribution in [0, 0.1) is 5.82 Å². The summed E-state index contributed by atoms with van der Waals surface area (Å²) in [6.07, 6.45) is 1.71. The van der Waals surface area contributed by atoms with Crippen LogP contribution in [0.4, 0.5) is 15.0 Å². The third-order valence-electron chi connectivity index (χ3n) is 5.87. The van der Waals surface area contributed by atoms with Crippen LogP contribution in [0.2, 0.25) is 5.02 Å². The number of nitrogens with one attached hydrogen (secondary N) is 3. The molecule has 0 radical (unpaired) electrons. The lowest BCUT2D eigenvalue weighted by Crippen LogP contribution is -2.34. The molecule has 2 aromatic heterocycles. The molecule has 10 heteroatoms. The van der Waals surface area contributed by atoms with Gasteiger partial charge in [-0.25, -0.2) is 14.2 Å². The molecule has 0 unspecified atom stereocenters. The Labute approximate surface area is 232 Å². The summed E-state index contributed by atoms with van der Waals surface area (Å²) in [6, 6.07) is 23.3. The molecule has 0 saturated carbocycles. The number of nitrogens with zero attached hydrogens (tertiary/aromatic N) is 3. The van der Waals surface area contributed by atoms with E-state index >= 15 is 0 Å². The first kappa shape index (κ1) is 25.7. The van der Waals surface area contributed by atoms with E-state index in [9.17, 15) is 9.18 Å². The van der Waals surface area contributed by atoms with Gasteiger partial charge in [0, 0.05) is 36.3 Å². The van der Waals surface area contributed by atoms with Crippen molar-refractivity contribution in [3.05, 3.63) is 117 Å². The Morgan fingerprint density at radius 3 is 2.34 bits per heavy atom. The molecule has 0 spiro atoms. The molecule has 2 amide bonds. The van der Waals surface area contributed by atoms with Crippen LogP contribution in [0.15, 0.2) is 89.5 Å². The molecule has 38 heavy (non-hydrogen) atoms. The van der Waals surface area contributed by atoms with E-state index < -0.39 is 0 Å². The predicted octanol–water partition coefficient (Wildman–Crippen LogP) is 6.56. The highest BCUT2D eigenvalue weighted by molar-refractivity contribution is 9.10. The van der Waals surface area contributed by atoms with Gasteiger partial charge in [-0.1, -0.05) is 66.2 Å². The molecule has 3 aromatic carbocycles. The minimum atomic E-state index is -0.328. The van der Waals surface area contributed by atoms with E-state index in [0.717, 1.165) is 32.7 Å². The number of carbonyl (C=O) groups excluding carboxylic acids is 1. The molecule has 7 nitrogen and oxygen atoms in total. The molecule has 192 valence electrons. The largest absolute Gasteiger partial charge is 0.366 e. The van der Waals surface area contributed by atoms with Gasteiger partial charge in [0.15, 0.2) is 5.65 Å². The fourth-order valence-electron chi connectivity index (χ4n) is 3.91. The number of halogens is 3. The van der Waals surface area contributed by atoms with Crippen molar-refractivity contribution in [1.82, 2.24) is 25.2 Å². The summed E-state index contributed by atoms with van der Waals surface area (Å²) in [4.78, 5) is 16.8. The molecule has 0 saturated heterocycles. The van der Waals surface area contributed by atoms with Crippen LogP contribution in [0.1, 0.15) is 16.7 Å². The van der Waals surface area contributed by atoms with E-state index in [0.29, 0.717) is 29.3 Å². The maximum Gasteiger partial charge on any atom is 0.315 e. The van der Waals surface area contributed by atoms with Crippen molar-refractivity contribution < 1.29 is 9.18 Å². The first-order valence-corrected chi connectivity index (χ1v) is 13.0. The lowest BCUT2D eigenvalue weighted by atomic mass is 10.1. The van der Waals surface area contributed by atoms with Gasteiger partial charge in [0.25, 0.3) is 0 Å². The summed E-state index contributed by atoms with van der Waals surface area (Å²) in [7, 11) is 0. The topological polar surface area (TPSA) is 83.3 Å². The lowest BCUT2D eigenvalue weighted by Gasteiger charge is -2.12. The van der Waals surface area contributed by atoms with Gasteiger partial charge in [-0.3, -0.25) is 0 Å². The minimum absolute atomic E-state index is 0.251. The SMILES string of the molecule is O=C(NCc1ccc(CNc2cc(-c3ccccc3Cl)nc3c(Br)cnn23)cc1)NCc1cccc(F)c1. The van der Waals surface area contributed by atoms with Crippen LogP contribution in [0.3, 0.4) is 0 Å². The molecule has 5 rings (SSSR count). The van der Waals surface area contributed by atoms with Crippen LogP contribution >= 0.6 is 27.5 Å². The lowest BCUT2D eigenvalue weighted by molar-refractivity contribution is 0.240. The van der Waals surface area contributed by atoms with E-state index in [1.807, 2.05) is 54.6 Å². The maximum absolute atomic E-state index is 13.3. The Hall–Kier alpha value is -3.95. The monoisotopic (exact) mass is 592 g/mol. The van der Waals surface area contributed by atoms with E-state index in [4.69, 9.17) is 16.6 Å². The highest BCUT2D eigenvalue weighted by Crippen LogP contribution is 2.30. The van der Waals surface area contributed by atoms with Crippen molar-refractivity contribution in [2.45, 2.75) is 19.6 Å². The highest BCUT2D eigenvalue weighted by atomic mass is 79.9. The van der Waals surface area contributed by atoms with Gasteiger partial charge in [-0.2, -0.15) is 9.61 Å². The molecule has 0 bridgehead atoms. The smallest absolute Gasteiger partial charge is 0.315 e. The molecule has 5 aromatic rings. The maximum atomic E-state index is 13.3. The third-order valence-corrected chi connectivity index (χ3v) is 6.76. The van der Waals surface area contributed by atoms with E-state index in [2.05, 4.69) is 37.0 Å². The van der Waals surface area contributed by atoms with Crippen LogP contribution in [0.25, 0.3) is 16.9 Å². The Kier molecular flexibility index (Phi) is 7.86. The van der Waals surface area contributed by atoms with Gasteiger partial charge in [0.05, 0.1) is 16.4 Å². The molecule has 3 N–H and O–H groups in total. The number of fused-ring (bicyclic) bond motifs is 1. The fraction of sp³-hybridized carbons (Fsp3) is 0.107. The molecule has 2 heterocycles. The molecule has 0 fully saturated rings. The van der Waals surface area contributed by atoms with E-state index in [-0.39, 0.29) is 18.4 Å². The Morgan fingerprint density at radius 2 is 1.61 bits per heavy atom. The molecular weight excluding hydrogens is 571 g/mol. The summed E-state index contributed by atoms with van der Waals surface area (Å²) in [5, 5.41) is 14.0. The van der Waals surface area contributed by atoms with Crippen molar-refractivity contribution >= 4 is 45.0 Å². The summed E-state index contributed by atoms with van der Waals surface area (Å²) >= 11 is 9.95. The predicted molar refractivity (Wildman–Crippen MR) is 150 cm³/mol. The second-order valence-corrected chi connectivity index (χ2v) is 9.83. The minimum Gasteiger partial charge on any atom is -0.366 e. The number of amides is 2. The number of aromatic nitrogens is 3. The molecule has 0 aliphatic heterocycles. The number of urea groups is 1. The zero-order valence-corrected chi connectivity index (χ0v) is 22.4. The number of hydrogen-bond acceptors (Lipinski definition) is 4. The van der Waals surface area contributed by atoms with Crippen LogP contribution in [-0.4, -0.2) is 20.6 Å². The van der Waals surface area contributed by atoms with Gasteiger partial charge in [-0.05, 0) is 50.8 Å². The highest BCUT2D eigenvalue weighted by Gasteiger charge is 2.13. The van der Waals surface area contributed by atoms with Gasteiger partial charge < -0.3 is 16.0 Å². The molecule has 0 atom stereocenters. The van der Waals surface area contributed by atoms with Crippen molar-refractivity contribution in [2.75, 3.05) is 5.32 Å². The zero-order valence-electron chi connectivity index (χ0n) is 20.1. The summed E-state index contributed by atoms with van der Waals surface area (Å²) < 4.78 is 15.8. The second-order valence-electron chi connectivity index (χ2n) is 8.57. The van der Waals surface area contributed by atoms with Gasteiger partial charge in [0.1, 0.15) is 11.6 Å². The van der Waals surface area contributed by atoms with Crippen molar-refractivity contribution in [1.29, 1.82) is 0 Å². The molecule has 0 aliphatic rings. The van der Waals surface area contributed by atoms with Crippen molar-refractivity contribution in [3.8, 4) is 11.3 Å². The summed E-state index contributed by atoms with van der Waals surface area (Å²) in [5.41, 5.74) is 4.97. The van der Waals surface area contributed by atoms with Crippen LogP contribution in [0.5, 0.6) is 0 Å². The zero-order chi connectivity index (χ0) is 26.5. The average Bonchev–Trinajstić information content (AvgIpc) is 3.31. The van der Waals surface area contributed by atoms with Crippen LogP contribution < -0.4 is 16.0 Å². The number of rotatable bonds is 8. The van der Waals surface area contributed by atoms with Crippen LogP contribution in [-0.2, 0) is 19.6 Å². The Bertz CT molecular complexity index is 1590. The summed E-state index contributed by atoms with van der Waals surface area (Å²) in [6.45, 7) is 1.18. The van der Waals surface area contributed by atoms with Crippen molar-refractivity contribution in [2.24, 2.45) is 0 Å². The Morgan fingerprint density at radius 1 is 0.895 bits per heavy atom. The number of benzene rings is 3. The average molecular weight is 594 g/mol.